The van der Waals surface area contributed by atoms with Gasteiger partial charge in [0.25, 0.3) is 0 Å². The summed E-state index contributed by atoms with van der Waals surface area (Å²) in [5, 5.41) is 0. The van der Waals surface area contributed by atoms with Gasteiger partial charge in [-0.15, -0.1) is 0 Å². The van der Waals surface area contributed by atoms with Gasteiger partial charge in [0.15, 0.2) is 0 Å². The van der Waals surface area contributed by atoms with Gasteiger partial charge >= 0.3 is 0 Å². The first-order valence-electron chi connectivity index (χ1n) is 8.24. The molecule has 0 saturated carbocycles. The Morgan fingerprint density at radius 3 is 0.720 bits per heavy atom. The van der Waals surface area contributed by atoms with Gasteiger partial charge in [0.2, 0.25) is 0 Å². The van der Waals surface area contributed by atoms with E-state index >= 15 is 0 Å². The summed E-state index contributed by atoms with van der Waals surface area (Å²) in [5.41, 5.74) is 0. The number of allylic oxidation sites excluding steroid dienone is 23. The van der Waals surface area contributed by atoms with Gasteiger partial charge in [0.1, 0.15) is 0 Å². The third kappa shape index (κ3) is 20.9. The van der Waals surface area contributed by atoms with Crippen molar-refractivity contribution in [2.45, 2.75) is 6.92 Å². The fraction of sp³-hybridized carbons (Fsp3) is 0.0400. The van der Waals surface area contributed by atoms with Crippen LogP contribution in [-0.2, 0) is 0 Å². The monoisotopic (exact) mass is 327 g/mol. The normalized spacial score (nSPS) is 14.6. The van der Waals surface area contributed by atoms with Crippen LogP contribution in [0.4, 0.5) is 0 Å². The molecule has 0 aromatic heterocycles. The van der Waals surface area contributed by atoms with Gasteiger partial charge in [-0.1, -0.05) is 146 Å². The van der Waals surface area contributed by atoms with Crippen molar-refractivity contribution in [3.05, 3.63) is 146 Å². The van der Waals surface area contributed by atoms with Gasteiger partial charge < -0.3 is 0 Å². The predicted molar refractivity (Wildman–Crippen MR) is 115 cm³/mol. The molecule has 0 amide bonds. The Labute approximate surface area is 153 Å². The molecule has 0 aromatic carbocycles. The van der Waals surface area contributed by atoms with E-state index in [1.54, 1.807) is 6.08 Å². The van der Waals surface area contributed by atoms with Crippen LogP contribution in [0.2, 0.25) is 0 Å². The van der Waals surface area contributed by atoms with Gasteiger partial charge in [0, 0.05) is 0 Å². The van der Waals surface area contributed by atoms with Crippen molar-refractivity contribution in [1.82, 2.24) is 0 Å². The minimum Gasteiger partial charge on any atom is -0.0877 e. The van der Waals surface area contributed by atoms with Crippen LogP contribution in [0.1, 0.15) is 6.92 Å². The second kappa shape index (κ2) is 20.9. The third-order valence-corrected chi connectivity index (χ3v) is 2.53. The van der Waals surface area contributed by atoms with E-state index < -0.39 is 0 Å². The van der Waals surface area contributed by atoms with Crippen LogP contribution in [-0.4, -0.2) is 0 Å². The Bertz CT molecular complexity index is 634. The lowest BCUT2D eigenvalue weighted by atomic mass is 10.3. The van der Waals surface area contributed by atoms with E-state index in [2.05, 4.69) is 0 Å². The predicted octanol–water partition coefficient (Wildman–Crippen LogP) is 7.11. The average molecular weight is 327 g/mol. The van der Waals surface area contributed by atoms with E-state index in [1.807, 2.05) is 135 Å². The molecule has 0 saturated heterocycles. The van der Waals surface area contributed by atoms with E-state index in [0.29, 0.717) is 0 Å². The summed E-state index contributed by atoms with van der Waals surface area (Å²) in [6, 6.07) is 0. The molecule has 0 rings (SSSR count). The molecule has 0 unspecified atom stereocenters. The van der Waals surface area contributed by atoms with Crippen molar-refractivity contribution >= 4 is 0 Å². The van der Waals surface area contributed by atoms with Gasteiger partial charge in [0.05, 0.1) is 0 Å². The second-order valence-electron chi connectivity index (χ2n) is 4.57. The van der Waals surface area contributed by atoms with Crippen LogP contribution < -0.4 is 0 Å². The summed E-state index contributed by atoms with van der Waals surface area (Å²) in [5.74, 6) is 0. The number of hydrogen-bond acceptors (Lipinski definition) is 0. The lowest BCUT2D eigenvalue weighted by Crippen LogP contribution is -1.54. The maximum atomic E-state index is 5.21. The van der Waals surface area contributed by atoms with Crippen molar-refractivity contribution < 1.29 is 0 Å². The molecular weight excluding hydrogens is 300 g/mol. The maximum Gasteiger partial charge on any atom is -0.0467 e. The van der Waals surface area contributed by atoms with Crippen molar-refractivity contribution in [1.29, 1.82) is 0 Å². The van der Waals surface area contributed by atoms with E-state index in [9.17, 15) is 0 Å². The molecule has 0 spiro atoms. The second-order valence-corrected chi connectivity index (χ2v) is 4.57. The summed E-state index contributed by atoms with van der Waals surface area (Å²) in [4.78, 5) is 0. The first-order valence-corrected chi connectivity index (χ1v) is 8.24. The van der Waals surface area contributed by atoms with Crippen LogP contribution in [0.25, 0.3) is 0 Å². The molecule has 0 nitrogen and oxygen atoms in total. The van der Waals surface area contributed by atoms with Crippen molar-refractivity contribution in [2.24, 2.45) is 0 Å². The van der Waals surface area contributed by atoms with Crippen LogP contribution in [0.3, 0.4) is 0 Å². The lowest BCUT2D eigenvalue weighted by Gasteiger charge is -1.76. The number of hydrogen-bond donors (Lipinski definition) is 0. The average Bonchev–Trinajstić information content (AvgIpc) is 2.63. The topological polar surface area (TPSA) is 0 Å². The molecule has 0 fully saturated rings. The Morgan fingerprint density at radius 1 is 0.320 bits per heavy atom. The molecule has 0 aliphatic heterocycles. The van der Waals surface area contributed by atoms with Crippen molar-refractivity contribution in [3.8, 4) is 0 Å². The molecule has 1 radical (unpaired) electrons. The Hall–Kier alpha value is -3.12. The van der Waals surface area contributed by atoms with E-state index in [4.69, 9.17) is 6.58 Å². The number of rotatable bonds is 11. The summed E-state index contributed by atoms with van der Waals surface area (Å²) in [7, 11) is 0. The molecule has 0 atom stereocenters. The Kier molecular flexibility index (Phi) is 18.3. The molecule has 0 N–H and O–H groups in total. The van der Waals surface area contributed by atoms with E-state index in [0.717, 1.165) is 0 Å². The summed E-state index contributed by atoms with van der Waals surface area (Å²) in [6.07, 6.45) is 44.8. The zero-order valence-electron chi connectivity index (χ0n) is 14.9. The molecular formula is C25H27. The lowest BCUT2D eigenvalue weighted by molar-refractivity contribution is 1.73. The first kappa shape index (κ1) is 21.9. The van der Waals surface area contributed by atoms with Crippen LogP contribution in [0.15, 0.2) is 140 Å². The summed E-state index contributed by atoms with van der Waals surface area (Å²) in [6.45, 7) is 7.21. The minimum atomic E-state index is 1.50. The largest absolute Gasteiger partial charge is 0.0877 e. The molecule has 127 valence electrons. The highest BCUT2D eigenvalue weighted by Gasteiger charge is 1.65. The standard InChI is InChI=1S/C25H27/c1-3-5-7-9-11-13-15-17-19-21-23-25-24-22-20-18-16-14-12-10-8-6-4-2/h1,3-25H,2H3/b3-1?,6-4+,7-5+,10-8+,11-9+,14-12+,15-13+,18-16+,19-17+,22-20+,23-21+,25-24+. The van der Waals surface area contributed by atoms with Gasteiger partial charge in [-0.3, -0.25) is 0 Å². The molecule has 0 bridgehead atoms. The van der Waals surface area contributed by atoms with Gasteiger partial charge in [-0.05, 0) is 6.92 Å². The zero-order valence-corrected chi connectivity index (χ0v) is 14.9. The van der Waals surface area contributed by atoms with E-state index in [1.165, 1.54) is 6.08 Å². The van der Waals surface area contributed by atoms with Crippen molar-refractivity contribution in [3.63, 3.8) is 0 Å². The maximum absolute atomic E-state index is 5.21. The fourth-order valence-electron chi connectivity index (χ4n) is 1.39. The highest BCUT2D eigenvalue weighted by Crippen LogP contribution is 1.87. The highest BCUT2D eigenvalue weighted by atomic mass is 13.7. The van der Waals surface area contributed by atoms with Crippen LogP contribution in [0.5, 0.6) is 0 Å². The van der Waals surface area contributed by atoms with Crippen LogP contribution in [0, 0.1) is 6.58 Å². The SMILES string of the molecule is [CH]=C/C=C/C=C/C=C/C=C/C=C/C=C/C=C/C=C/C=C/C=C/C=C/C. The molecule has 0 heteroatoms. The molecule has 0 aromatic rings. The van der Waals surface area contributed by atoms with Gasteiger partial charge in [-0.2, -0.15) is 0 Å². The van der Waals surface area contributed by atoms with Gasteiger partial charge in [-0.25, -0.2) is 0 Å². The highest BCUT2D eigenvalue weighted by molar-refractivity contribution is 5.23. The van der Waals surface area contributed by atoms with E-state index in [-0.39, 0.29) is 0 Å². The fourth-order valence-corrected chi connectivity index (χ4v) is 1.39. The minimum absolute atomic E-state index is 1.50. The smallest absolute Gasteiger partial charge is 0.0467 e. The molecule has 25 heavy (non-hydrogen) atoms. The zero-order chi connectivity index (χ0) is 18.3. The third-order valence-electron chi connectivity index (χ3n) is 2.53. The quantitative estimate of drug-likeness (QED) is 0.355. The first-order chi connectivity index (χ1) is 12.4. The Balaban J connectivity index is 3.92. The molecule has 0 heterocycles. The summed E-state index contributed by atoms with van der Waals surface area (Å²) >= 11 is 0. The molecule has 0 aliphatic rings. The van der Waals surface area contributed by atoms with Crippen molar-refractivity contribution in [2.75, 3.05) is 0 Å². The molecule has 0 aliphatic carbocycles. The Morgan fingerprint density at radius 2 is 0.520 bits per heavy atom. The van der Waals surface area contributed by atoms with Crippen LogP contribution >= 0.6 is 0 Å². The summed E-state index contributed by atoms with van der Waals surface area (Å²) < 4.78 is 0.